The summed E-state index contributed by atoms with van der Waals surface area (Å²) in [5.74, 6) is 1.54. The predicted octanol–water partition coefficient (Wildman–Crippen LogP) is 2.80. The zero-order valence-corrected chi connectivity index (χ0v) is 16.1. The summed E-state index contributed by atoms with van der Waals surface area (Å²) in [5.41, 5.74) is 0.844. The van der Waals surface area contributed by atoms with Gasteiger partial charge in [-0.05, 0) is 44.4 Å². The molecule has 1 saturated carbocycles. The van der Waals surface area contributed by atoms with Gasteiger partial charge in [-0.25, -0.2) is 0 Å². The molecule has 2 heterocycles. The third kappa shape index (κ3) is 5.79. The Morgan fingerprint density at radius 1 is 1.15 bits per heavy atom. The maximum Gasteiger partial charge on any atom is 0.222 e. The Bertz CT molecular complexity index is 556. The molecule has 6 heteroatoms. The van der Waals surface area contributed by atoms with Gasteiger partial charge < -0.3 is 10.0 Å². The van der Waals surface area contributed by atoms with E-state index < -0.39 is 0 Å². The standard InChI is InChI=1S/C20H34N4O2/c1-16(25)12-19-15-24(22-21-19)14-18-8-10-23(11-9-18)20(26)13-17-6-4-2-3-5-7-17/h15-18,25H,2-14H2,1H3. The predicted molar refractivity (Wildman–Crippen MR) is 101 cm³/mol. The van der Waals surface area contributed by atoms with Crippen LogP contribution in [0.15, 0.2) is 6.20 Å². The van der Waals surface area contributed by atoms with Gasteiger partial charge in [-0.1, -0.05) is 30.9 Å². The first-order valence-electron chi connectivity index (χ1n) is 10.4. The molecule has 1 aliphatic heterocycles. The average molecular weight is 363 g/mol. The van der Waals surface area contributed by atoms with E-state index in [4.69, 9.17) is 0 Å². The van der Waals surface area contributed by atoms with Crippen LogP contribution in [0.5, 0.6) is 0 Å². The molecule has 26 heavy (non-hydrogen) atoms. The normalized spacial score (nSPS) is 21.5. The number of aromatic nitrogens is 3. The van der Waals surface area contributed by atoms with E-state index in [1.807, 2.05) is 10.9 Å². The van der Waals surface area contributed by atoms with Crippen LogP contribution in [0.25, 0.3) is 0 Å². The van der Waals surface area contributed by atoms with Gasteiger partial charge in [-0.3, -0.25) is 9.48 Å². The maximum atomic E-state index is 12.6. The summed E-state index contributed by atoms with van der Waals surface area (Å²) in [4.78, 5) is 14.7. The Labute approximate surface area is 156 Å². The average Bonchev–Trinajstić information content (AvgIpc) is 2.88. The summed E-state index contributed by atoms with van der Waals surface area (Å²) in [6.45, 7) is 4.38. The lowest BCUT2D eigenvalue weighted by molar-refractivity contribution is -0.133. The number of rotatable bonds is 6. The van der Waals surface area contributed by atoms with Crippen LogP contribution >= 0.6 is 0 Å². The molecule has 1 amide bonds. The molecule has 6 nitrogen and oxygen atoms in total. The second kappa shape index (κ2) is 9.49. The van der Waals surface area contributed by atoms with Gasteiger partial charge >= 0.3 is 0 Å². The Kier molecular flexibility index (Phi) is 7.06. The van der Waals surface area contributed by atoms with Crippen LogP contribution in [0.1, 0.15) is 70.4 Å². The van der Waals surface area contributed by atoms with Crippen molar-refractivity contribution in [3.8, 4) is 0 Å². The second-order valence-corrected chi connectivity index (χ2v) is 8.37. The zero-order chi connectivity index (χ0) is 18.4. The molecule has 0 bridgehead atoms. The molecule has 3 rings (SSSR count). The van der Waals surface area contributed by atoms with Crippen LogP contribution in [-0.2, 0) is 17.8 Å². The number of carbonyl (C=O) groups is 1. The molecular weight excluding hydrogens is 328 g/mol. The van der Waals surface area contributed by atoms with E-state index >= 15 is 0 Å². The number of aliphatic hydroxyl groups is 1. The molecule has 1 aliphatic carbocycles. The summed E-state index contributed by atoms with van der Waals surface area (Å²) in [5, 5.41) is 17.7. The van der Waals surface area contributed by atoms with Gasteiger partial charge in [-0.15, -0.1) is 5.10 Å². The number of likely N-dealkylation sites (tertiary alicyclic amines) is 1. The van der Waals surface area contributed by atoms with Gasteiger partial charge in [0, 0.05) is 38.7 Å². The fraction of sp³-hybridized carbons (Fsp3) is 0.850. The third-order valence-electron chi connectivity index (χ3n) is 5.94. The van der Waals surface area contributed by atoms with Crippen LogP contribution in [-0.4, -0.2) is 50.1 Å². The first kappa shape index (κ1) is 19.3. The molecule has 1 aromatic rings. The summed E-state index contributed by atoms with van der Waals surface area (Å²) in [7, 11) is 0. The summed E-state index contributed by atoms with van der Waals surface area (Å²) < 4.78 is 1.89. The molecule has 146 valence electrons. The van der Waals surface area contributed by atoms with E-state index in [1.54, 1.807) is 6.92 Å². The molecule has 2 fully saturated rings. The molecule has 1 unspecified atom stereocenters. The van der Waals surface area contributed by atoms with Crippen molar-refractivity contribution in [2.24, 2.45) is 11.8 Å². The first-order valence-corrected chi connectivity index (χ1v) is 10.4. The van der Waals surface area contributed by atoms with Crippen LogP contribution in [0.2, 0.25) is 0 Å². The fourth-order valence-electron chi connectivity index (χ4n) is 4.40. The molecule has 1 aromatic heterocycles. The highest BCUT2D eigenvalue weighted by molar-refractivity contribution is 5.76. The van der Waals surface area contributed by atoms with Gasteiger partial charge in [0.1, 0.15) is 0 Å². The topological polar surface area (TPSA) is 71.2 Å². The molecular formula is C20H34N4O2. The third-order valence-corrected chi connectivity index (χ3v) is 5.94. The van der Waals surface area contributed by atoms with E-state index in [0.717, 1.165) is 44.6 Å². The highest BCUT2D eigenvalue weighted by Gasteiger charge is 2.25. The fourth-order valence-corrected chi connectivity index (χ4v) is 4.40. The van der Waals surface area contributed by atoms with Crippen molar-refractivity contribution in [2.45, 2.75) is 83.8 Å². The number of hydrogen-bond acceptors (Lipinski definition) is 4. The number of aliphatic hydroxyl groups excluding tert-OH is 1. The second-order valence-electron chi connectivity index (χ2n) is 8.37. The minimum atomic E-state index is -0.386. The van der Waals surface area contributed by atoms with Gasteiger partial charge in [0.2, 0.25) is 5.91 Å². The highest BCUT2D eigenvalue weighted by atomic mass is 16.3. The van der Waals surface area contributed by atoms with E-state index in [0.29, 0.717) is 24.2 Å². The molecule has 1 atom stereocenters. The van der Waals surface area contributed by atoms with Crippen molar-refractivity contribution in [1.29, 1.82) is 0 Å². The molecule has 2 aliphatic rings. The van der Waals surface area contributed by atoms with Crippen molar-refractivity contribution in [2.75, 3.05) is 13.1 Å². The van der Waals surface area contributed by atoms with Crippen LogP contribution < -0.4 is 0 Å². The first-order chi connectivity index (χ1) is 12.6. The molecule has 1 N–H and O–H groups in total. The van der Waals surface area contributed by atoms with Gasteiger partial charge in [0.25, 0.3) is 0 Å². The lowest BCUT2D eigenvalue weighted by atomic mass is 9.93. The Balaban J connectivity index is 1.40. The number of amides is 1. The SMILES string of the molecule is CC(O)Cc1cn(CC2CCN(C(=O)CC3CCCCCC3)CC2)nn1. The summed E-state index contributed by atoms with van der Waals surface area (Å²) in [6.07, 6.45) is 12.7. The molecule has 0 spiro atoms. The van der Waals surface area contributed by atoms with Crippen molar-refractivity contribution in [3.05, 3.63) is 11.9 Å². The number of carbonyl (C=O) groups excluding carboxylic acids is 1. The Morgan fingerprint density at radius 3 is 2.50 bits per heavy atom. The number of piperidine rings is 1. The highest BCUT2D eigenvalue weighted by Crippen LogP contribution is 2.27. The molecule has 0 radical (unpaired) electrons. The monoisotopic (exact) mass is 362 g/mol. The zero-order valence-electron chi connectivity index (χ0n) is 16.1. The van der Waals surface area contributed by atoms with Crippen molar-refractivity contribution >= 4 is 5.91 Å². The Hall–Kier alpha value is -1.43. The maximum absolute atomic E-state index is 12.6. The van der Waals surface area contributed by atoms with Crippen molar-refractivity contribution < 1.29 is 9.90 Å². The Morgan fingerprint density at radius 2 is 1.85 bits per heavy atom. The minimum Gasteiger partial charge on any atom is -0.393 e. The molecule has 0 aromatic carbocycles. The summed E-state index contributed by atoms with van der Waals surface area (Å²) >= 11 is 0. The lowest BCUT2D eigenvalue weighted by Crippen LogP contribution is -2.40. The smallest absolute Gasteiger partial charge is 0.222 e. The minimum absolute atomic E-state index is 0.371. The van der Waals surface area contributed by atoms with Crippen LogP contribution in [0.3, 0.4) is 0 Å². The largest absolute Gasteiger partial charge is 0.393 e. The van der Waals surface area contributed by atoms with Crippen molar-refractivity contribution in [1.82, 2.24) is 19.9 Å². The van der Waals surface area contributed by atoms with E-state index in [-0.39, 0.29) is 6.10 Å². The number of hydrogen-bond donors (Lipinski definition) is 1. The quantitative estimate of drug-likeness (QED) is 0.790. The van der Waals surface area contributed by atoms with E-state index in [1.165, 1.54) is 38.5 Å². The van der Waals surface area contributed by atoms with Crippen LogP contribution in [0, 0.1) is 11.8 Å². The molecule has 1 saturated heterocycles. The van der Waals surface area contributed by atoms with Gasteiger partial charge in [0.05, 0.1) is 11.8 Å². The van der Waals surface area contributed by atoms with Gasteiger partial charge in [0.15, 0.2) is 0 Å². The summed E-state index contributed by atoms with van der Waals surface area (Å²) in [6, 6.07) is 0. The lowest BCUT2D eigenvalue weighted by Gasteiger charge is -2.32. The van der Waals surface area contributed by atoms with E-state index in [9.17, 15) is 9.90 Å². The van der Waals surface area contributed by atoms with Crippen molar-refractivity contribution in [3.63, 3.8) is 0 Å². The van der Waals surface area contributed by atoms with Crippen LogP contribution in [0.4, 0.5) is 0 Å². The van der Waals surface area contributed by atoms with E-state index in [2.05, 4.69) is 15.2 Å². The number of nitrogens with zero attached hydrogens (tertiary/aromatic N) is 4. The van der Waals surface area contributed by atoms with Gasteiger partial charge in [-0.2, -0.15) is 0 Å².